The minimum absolute atomic E-state index is 0.0695. The van der Waals surface area contributed by atoms with E-state index in [1.807, 2.05) is 54.6 Å². The molecule has 1 heterocycles. The number of nitrogens with zero attached hydrogens (tertiary/aromatic N) is 1. The van der Waals surface area contributed by atoms with Crippen molar-refractivity contribution in [3.8, 4) is 0 Å². The monoisotopic (exact) mass is 406 g/mol. The van der Waals surface area contributed by atoms with Crippen molar-refractivity contribution in [1.29, 1.82) is 0 Å². The first-order valence-electron chi connectivity index (χ1n) is 11.0. The summed E-state index contributed by atoms with van der Waals surface area (Å²) in [4.78, 5) is 27.8. The standard InChI is InChI=1S/C25H30N2O3/c1-18-9-5-8-14-22(18)26-24(28)23-15-20-12-6-7-13-21(20)16-27(23)25(29)30-17-19-10-3-2-4-11-19/h2-4,6-7,10-13,18,22-23H,5,8-9,14-17H2,1H3,(H,26,28)/t18-,22+,23-/m1/s1. The lowest BCUT2D eigenvalue weighted by molar-refractivity contribution is -0.127. The van der Waals surface area contributed by atoms with Crippen LogP contribution in [-0.4, -0.2) is 29.0 Å². The fourth-order valence-corrected chi connectivity index (χ4v) is 4.56. The molecule has 1 aliphatic heterocycles. The van der Waals surface area contributed by atoms with E-state index in [1.54, 1.807) is 4.90 Å². The van der Waals surface area contributed by atoms with Gasteiger partial charge in [0.2, 0.25) is 5.91 Å². The Morgan fingerprint density at radius 3 is 2.47 bits per heavy atom. The van der Waals surface area contributed by atoms with E-state index in [9.17, 15) is 9.59 Å². The molecule has 158 valence electrons. The Bertz CT molecular complexity index is 883. The molecule has 1 fully saturated rings. The highest BCUT2D eigenvalue weighted by atomic mass is 16.6. The smallest absolute Gasteiger partial charge is 0.411 e. The van der Waals surface area contributed by atoms with Gasteiger partial charge < -0.3 is 10.1 Å². The molecule has 4 rings (SSSR count). The number of carbonyl (C=O) groups is 2. The van der Waals surface area contributed by atoms with Gasteiger partial charge in [0.05, 0.1) is 6.54 Å². The second-order valence-electron chi connectivity index (χ2n) is 8.53. The Labute approximate surface area is 178 Å². The maximum absolute atomic E-state index is 13.3. The number of fused-ring (bicyclic) bond motifs is 1. The molecule has 2 aromatic rings. The van der Waals surface area contributed by atoms with Gasteiger partial charge in [-0.2, -0.15) is 0 Å². The van der Waals surface area contributed by atoms with E-state index < -0.39 is 12.1 Å². The lowest BCUT2D eigenvalue weighted by Gasteiger charge is -2.37. The van der Waals surface area contributed by atoms with Crippen molar-refractivity contribution < 1.29 is 14.3 Å². The number of nitrogens with one attached hydrogen (secondary N) is 1. The van der Waals surface area contributed by atoms with E-state index in [0.29, 0.717) is 18.9 Å². The average Bonchev–Trinajstić information content (AvgIpc) is 2.78. The zero-order valence-electron chi connectivity index (χ0n) is 17.5. The van der Waals surface area contributed by atoms with Gasteiger partial charge in [-0.3, -0.25) is 9.69 Å². The van der Waals surface area contributed by atoms with E-state index in [1.165, 1.54) is 6.42 Å². The quantitative estimate of drug-likeness (QED) is 0.816. The van der Waals surface area contributed by atoms with Gasteiger partial charge in [0, 0.05) is 12.5 Å². The van der Waals surface area contributed by atoms with E-state index in [0.717, 1.165) is 36.0 Å². The summed E-state index contributed by atoms with van der Waals surface area (Å²) in [5.74, 6) is 0.400. The van der Waals surface area contributed by atoms with Crippen molar-refractivity contribution in [2.24, 2.45) is 5.92 Å². The Balaban J connectivity index is 1.49. The van der Waals surface area contributed by atoms with Crippen LogP contribution in [0.4, 0.5) is 4.79 Å². The number of ether oxygens (including phenoxy) is 1. The lowest BCUT2D eigenvalue weighted by atomic mass is 9.85. The summed E-state index contributed by atoms with van der Waals surface area (Å²) in [5, 5.41) is 3.24. The maximum atomic E-state index is 13.3. The molecule has 5 nitrogen and oxygen atoms in total. The molecular weight excluding hydrogens is 376 g/mol. The first-order chi connectivity index (χ1) is 14.6. The third-order valence-corrected chi connectivity index (χ3v) is 6.43. The van der Waals surface area contributed by atoms with Crippen LogP contribution in [0.2, 0.25) is 0 Å². The Kier molecular flexibility index (Phi) is 6.36. The highest BCUT2D eigenvalue weighted by Crippen LogP contribution is 2.27. The van der Waals surface area contributed by atoms with Gasteiger partial charge in [0.25, 0.3) is 0 Å². The van der Waals surface area contributed by atoms with Crippen molar-refractivity contribution in [2.45, 2.75) is 64.3 Å². The molecule has 0 aromatic heterocycles. The second-order valence-corrected chi connectivity index (χ2v) is 8.53. The van der Waals surface area contributed by atoms with Crippen LogP contribution >= 0.6 is 0 Å². The van der Waals surface area contributed by atoms with Gasteiger partial charge in [-0.05, 0) is 35.4 Å². The maximum Gasteiger partial charge on any atom is 0.411 e. The second kappa shape index (κ2) is 9.33. The zero-order chi connectivity index (χ0) is 20.9. The number of carbonyl (C=O) groups excluding carboxylic acids is 2. The molecule has 3 atom stereocenters. The predicted octanol–water partition coefficient (Wildman–Crippen LogP) is 4.45. The Hall–Kier alpha value is -2.82. The molecule has 0 radical (unpaired) electrons. The third kappa shape index (κ3) is 4.66. The van der Waals surface area contributed by atoms with Crippen molar-refractivity contribution in [3.05, 3.63) is 71.3 Å². The van der Waals surface area contributed by atoms with Gasteiger partial charge in [0.15, 0.2) is 0 Å². The van der Waals surface area contributed by atoms with E-state index in [2.05, 4.69) is 12.2 Å². The molecule has 2 aromatic carbocycles. The molecule has 30 heavy (non-hydrogen) atoms. The lowest BCUT2D eigenvalue weighted by Crippen LogP contribution is -2.55. The molecule has 0 bridgehead atoms. The molecule has 0 unspecified atom stereocenters. The zero-order valence-corrected chi connectivity index (χ0v) is 17.5. The highest BCUT2D eigenvalue weighted by Gasteiger charge is 2.37. The summed E-state index contributed by atoms with van der Waals surface area (Å²) in [5.41, 5.74) is 3.13. The van der Waals surface area contributed by atoms with Crippen LogP contribution in [0.3, 0.4) is 0 Å². The third-order valence-electron chi connectivity index (χ3n) is 6.43. The van der Waals surface area contributed by atoms with Crippen molar-refractivity contribution in [1.82, 2.24) is 10.2 Å². The molecule has 2 aliphatic rings. The van der Waals surface area contributed by atoms with Crippen LogP contribution in [0, 0.1) is 5.92 Å². The molecule has 0 spiro atoms. The Morgan fingerprint density at radius 1 is 1.00 bits per heavy atom. The summed E-state index contributed by atoms with van der Waals surface area (Å²) in [6.45, 7) is 2.79. The molecule has 2 amide bonds. The summed E-state index contributed by atoms with van der Waals surface area (Å²) in [6, 6.07) is 17.3. The number of amides is 2. The first kappa shape index (κ1) is 20.5. The minimum atomic E-state index is -0.544. The van der Waals surface area contributed by atoms with Crippen LogP contribution in [0.25, 0.3) is 0 Å². The van der Waals surface area contributed by atoms with Crippen molar-refractivity contribution >= 4 is 12.0 Å². The minimum Gasteiger partial charge on any atom is -0.445 e. The number of benzene rings is 2. The highest BCUT2D eigenvalue weighted by molar-refractivity contribution is 5.86. The van der Waals surface area contributed by atoms with Gasteiger partial charge in [-0.25, -0.2) is 4.79 Å². The molecule has 1 saturated carbocycles. The van der Waals surface area contributed by atoms with Gasteiger partial charge in [0.1, 0.15) is 12.6 Å². The van der Waals surface area contributed by atoms with Crippen LogP contribution in [0.5, 0.6) is 0 Å². The predicted molar refractivity (Wildman–Crippen MR) is 116 cm³/mol. The average molecular weight is 407 g/mol. The molecule has 0 saturated heterocycles. The fraction of sp³-hybridized carbons (Fsp3) is 0.440. The van der Waals surface area contributed by atoms with Crippen molar-refractivity contribution in [3.63, 3.8) is 0 Å². The van der Waals surface area contributed by atoms with E-state index in [4.69, 9.17) is 4.74 Å². The van der Waals surface area contributed by atoms with Crippen LogP contribution < -0.4 is 5.32 Å². The molecule has 1 N–H and O–H groups in total. The van der Waals surface area contributed by atoms with Gasteiger partial charge >= 0.3 is 6.09 Å². The van der Waals surface area contributed by atoms with E-state index in [-0.39, 0.29) is 18.6 Å². The number of hydrogen-bond acceptors (Lipinski definition) is 3. The summed E-state index contributed by atoms with van der Waals surface area (Å²) >= 11 is 0. The van der Waals surface area contributed by atoms with Gasteiger partial charge in [-0.1, -0.05) is 74.4 Å². The molecule has 5 heteroatoms. The Morgan fingerprint density at radius 2 is 1.70 bits per heavy atom. The SMILES string of the molecule is C[C@@H]1CCCC[C@@H]1NC(=O)[C@H]1Cc2ccccc2CN1C(=O)OCc1ccccc1. The van der Waals surface area contributed by atoms with E-state index >= 15 is 0 Å². The van der Waals surface area contributed by atoms with Crippen LogP contribution in [0.15, 0.2) is 54.6 Å². The van der Waals surface area contributed by atoms with Crippen molar-refractivity contribution in [2.75, 3.05) is 0 Å². The van der Waals surface area contributed by atoms with Gasteiger partial charge in [-0.15, -0.1) is 0 Å². The largest absolute Gasteiger partial charge is 0.445 e. The fourth-order valence-electron chi connectivity index (χ4n) is 4.56. The first-order valence-corrected chi connectivity index (χ1v) is 11.0. The molecule has 1 aliphatic carbocycles. The van der Waals surface area contributed by atoms with Crippen LogP contribution in [0.1, 0.15) is 49.3 Å². The molecular formula is C25H30N2O3. The number of rotatable bonds is 4. The topological polar surface area (TPSA) is 58.6 Å². The normalized spacial score (nSPS) is 23.4. The summed E-state index contributed by atoms with van der Waals surface area (Å²) in [6.07, 6.45) is 4.60. The van der Waals surface area contributed by atoms with Crippen LogP contribution in [-0.2, 0) is 29.1 Å². The number of hydrogen-bond donors (Lipinski definition) is 1. The summed E-state index contributed by atoms with van der Waals surface area (Å²) in [7, 11) is 0. The summed E-state index contributed by atoms with van der Waals surface area (Å²) < 4.78 is 5.58.